The van der Waals surface area contributed by atoms with Gasteiger partial charge in [-0.1, -0.05) is 25.1 Å². The van der Waals surface area contributed by atoms with Crippen molar-refractivity contribution in [3.05, 3.63) is 61.5 Å². The van der Waals surface area contributed by atoms with Crippen molar-refractivity contribution in [3.8, 4) is 0 Å². The first-order valence-electron chi connectivity index (χ1n) is 10.1. The number of esters is 1. The average Bonchev–Trinajstić information content (AvgIpc) is 3.02. The van der Waals surface area contributed by atoms with Gasteiger partial charge in [-0.25, -0.2) is 4.98 Å². The Bertz CT molecular complexity index is 1140. The first-order chi connectivity index (χ1) is 13.8. The summed E-state index contributed by atoms with van der Waals surface area (Å²) < 4.78 is 5.57. The Kier molecular flexibility index (Phi) is 5.30. The molecule has 1 aliphatic rings. The Labute approximate surface area is 174 Å². The molecule has 4 rings (SSSR count). The first-order valence-corrected chi connectivity index (χ1v) is 10.9. The van der Waals surface area contributed by atoms with Crippen LogP contribution in [0.4, 0.5) is 0 Å². The van der Waals surface area contributed by atoms with Gasteiger partial charge in [-0.15, -0.1) is 11.3 Å². The van der Waals surface area contributed by atoms with Gasteiger partial charge < -0.3 is 9.72 Å². The summed E-state index contributed by atoms with van der Waals surface area (Å²) in [6.45, 7) is 8.06. The number of aryl methyl sites for hydroxylation is 3. The summed E-state index contributed by atoms with van der Waals surface area (Å²) in [5.74, 6) is 0.713. The molecule has 0 amide bonds. The number of carbonyl (C=O) groups excluding carboxylic acids is 1. The first kappa shape index (κ1) is 19.8. The van der Waals surface area contributed by atoms with Crippen molar-refractivity contribution in [1.29, 1.82) is 0 Å². The van der Waals surface area contributed by atoms with E-state index < -0.39 is 6.10 Å². The van der Waals surface area contributed by atoms with Crippen molar-refractivity contribution < 1.29 is 9.53 Å². The normalized spacial score (nSPS) is 17.2. The van der Waals surface area contributed by atoms with Gasteiger partial charge in [0.25, 0.3) is 5.56 Å². The fourth-order valence-electron chi connectivity index (χ4n) is 3.93. The highest BCUT2D eigenvalue weighted by Crippen LogP contribution is 2.36. The topological polar surface area (TPSA) is 72.0 Å². The molecule has 0 aliphatic heterocycles. The number of hydrogen-bond donors (Lipinski definition) is 1. The monoisotopic (exact) mass is 410 g/mol. The highest BCUT2D eigenvalue weighted by molar-refractivity contribution is 7.18. The van der Waals surface area contributed by atoms with E-state index in [4.69, 9.17) is 4.74 Å². The number of fused-ring (bicyclic) bond motifs is 3. The maximum atomic E-state index is 12.7. The zero-order valence-corrected chi connectivity index (χ0v) is 18.1. The van der Waals surface area contributed by atoms with Gasteiger partial charge >= 0.3 is 5.97 Å². The minimum Gasteiger partial charge on any atom is -0.454 e. The Balaban J connectivity index is 1.53. The van der Waals surface area contributed by atoms with Crippen LogP contribution >= 0.6 is 11.3 Å². The number of aromatic amines is 1. The zero-order valence-electron chi connectivity index (χ0n) is 17.3. The van der Waals surface area contributed by atoms with Crippen LogP contribution in [0.25, 0.3) is 10.2 Å². The lowest BCUT2D eigenvalue weighted by molar-refractivity contribution is -0.148. The molecule has 3 aromatic rings. The van der Waals surface area contributed by atoms with Crippen LogP contribution in [-0.4, -0.2) is 15.9 Å². The molecular weight excluding hydrogens is 384 g/mol. The van der Waals surface area contributed by atoms with Gasteiger partial charge in [0, 0.05) is 4.88 Å². The number of hydrogen-bond acceptors (Lipinski definition) is 5. The molecule has 0 fully saturated rings. The van der Waals surface area contributed by atoms with E-state index in [0.717, 1.165) is 40.8 Å². The van der Waals surface area contributed by atoms with E-state index in [1.54, 1.807) is 18.3 Å². The Morgan fingerprint density at radius 1 is 1.34 bits per heavy atom. The Morgan fingerprint density at radius 2 is 2.14 bits per heavy atom. The number of ether oxygens (including phenoxy) is 1. The number of thiophene rings is 1. The second kappa shape index (κ2) is 7.75. The third-order valence-electron chi connectivity index (χ3n) is 5.80. The van der Waals surface area contributed by atoms with E-state index in [0.29, 0.717) is 17.1 Å². The molecule has 0 saturated heterocycles. The highest BCUT2D eigenvalue weighted by Gasteiger charge is 2.24. The summed E-state index contributed by atoms with van der Waals surface area (Å²) in [6.07, 6.45) is 2.63. The van der Waals surface area contributed by atoms with Crippen LogP contribution in [0.1, 0.15) is 59.3 Å². The van der Waals surface area contributed by atoms with Crippen molar-refractivity contribution in [3.63, 3.8) is 0 Å². The molecule has 0 radical (unpaired) electrons. The smallest absolute Gasteiger partial charge is 0.310 e. The molecule has 1 aromatic carbocycles. The van der Waals surface area contributed by atoms with Crippen molar-refractivity contribution in [2.45, 2.75) is 59.5 Å². The molecule has 152 valence electrons. The molecule has 2 atom stereocenters. The largest absolute Gasteiger partial charge is 0.454 e. The maximum Gasteiger partial charge on any atom is 0.310 e. The van der Waals surface area contributed by atoms with E-state index in [9.17, 15) is 9.59 Å². The summed E-state index contributed by atoms with van der Waals surface area (Å²) in [5.41, 5.74) is 4.29. The predicted molar refractivity (Wildman–Crippen MR) is 116 cm³/mol. The quantitative estimate of drug-likeness (QED) is 0.640. The van der Waals surface area contributed by atoms with Gasteiger partial charge in [-0.3, -0.25) is 9.59 Å². The second-order valence-electron chi connectivity index (χ2n) is 8.21. The van der Waals surface area contributed by atoms with E-state index in [1.807, 2.05) is 32.0 Å². The van der Waals surface area contributed by atoms with Crippen molar-refractivity contribution in [1.82, 2.24) is 9.97 Å². The SMILES string of the molecule is Cc1ccc(CC(=O)O[C@H](C)c2nc3sc4c(c3c(=O)[nH]2)CC[C@H](C)C4)cc1C. The molecule has 2 heterocycles. The highest BCUT2D eigenvalue weighted by atomic mass is 32.1. The third kappa shape index (κ3) is 3.99. The molecule has 6 heteroatoms. The van der Waals surface area contributed by atoms with E-state index in [2.05, 4.69) is 16.9 Å². The minimum atomic E-state index is -0.607. The van der Waals surface area contributed by atoms with Crippen LogP contribution < -0.4 is 5.56 Å². The molecule has 0 saturated carbocycles. The lowest BCUT2D eigenvalue weighted by Crippen LogP contribution is -2.19. The summed E-state index contributed by atoms with van der Waals surface area (Å²) in [7, 11) is 0. The number of rotatable bonds is 4. The van der Waals surface area contributed by atoms with E-state index >= 15 is 0 Å². The predicted octanol–water partition coefficient (Wildman–Crippen LogP) is 4.57. The molecule has 1 aliphatic carbocycles. The van der Waals surface area contributed by atoms with Gasteiger partial charge in [0.15, 0.2) is 11.9 Å². The molecule has 5 nitrogen and oxygen atoms in total. The molecule has 0 unspecified atom stereocenters. The number of carbonyl (C=O) groups is 1. The molecule has 1 N–H and O–H groups in total. The van der Waals surface area contributed by atoms with Gasteiger partial charge in [-0.05, 0) is 68.2 Å². The van der Waals surface area contributed by atoms with Crippen LogP contribution in [0, 0.1) is 19.8 Å². The zero-order chi connectivity index (χ0) is 20.7. The van der Waals surface area contributed by atoms with E-state index in [1.165, 1.54) is 10.4 Å². The fraction of sp³-hybridized carbons (Fsp3) is 0.435. The average molecular weight is 411 g/mol. The lowest BCUT2D eigenvalue weighted by Gasteiger charge is -2.17. The Hall–Kier alpha value is -2.47. The van der Waals surface area contributed by atoms with Gasteiger partial charge in [0.2, 0.25) is 0 Å². The van der Waals surface area contributed by atoms with Crippen LogP contribution in [0.5, 0.6) is 0 Å². The Morgan fingerprint density at radius 3 is 2.90 bits per heavy atom. The molecule has 2 aromatic heterocycles. The van der Waals surface area contributed by atoms with Crippen molar-refractivity contribution in [2.75, 3.05) is 0 Å². The van der Waals surface area contributed by atoms with Gasteiger partial charge in [0.1, 0.15) is 4.83 Å². The summed E-state index contributed by atoms with van der Waals surface area (Å²) in [4.78, 5) is 34.6. The van der Waals surface area contributed by atoms with Crippen LogP contribution in [0.15, 0.2) is 23.0 Å². The summed E-state index contributed by atoms with van der Waals surface area (Å²) in [6, 6.07) is 5.95. The van der Waals surface area contributed by atoms with Gasteiger partial charge in [-0.2, -0.15) is 0 Å². The number of nitrogens with zero attached hydrogens (tertiary/aromatic N) is 1. The number of benzene rings is 1. The van der Waals surface area contributed by atoms with Crippen molar-refractivity contribution in [2.24, 2.45) is 5.92 Å². The second-order valence-corrected chi connectivity index (χ2v) is 9.29. The maximum absolute atomic E-state index is 12.7. The minimum absolute atomic E-state index is 0.130. The van der Waals surface area contributed by atoms with Gasteiger partial charge in [0.05, 0.1) is 11.8 Å². The third-order valence-corrected chi connectivity index (χ3v) is 6.95. The van der Waals surface area contributed by atoms with Crippen LogP contribution in [-0.2, 0) is 28.8 Å². The van der Waals surface area contributed by atoms with E-state index in [-0.39, 0.29) is 17.9 Å². The number of aromatic nitrogens is 2. The molecular formula is C23H26N2O3S. The molecule has 29 heavy (non-hydrogen) atoms. The lowest BCUT2D eigenvalue weighted by atomic mass is 9.89. The summed E-state index contributed by atoms with van der Waals surface area (Å²) >= 11 is 1.60. The fourth-order valence-corrected chi connectivity index (χ4v) is 5.32. The summed E-state index contributed by atoms with van der Waals surface area (Å²) in [5, 5.41) is 0.717. The standard InChI is InChI=1S/C23H26N2O3S/c1-12-5-8-17-18(9-12)29-23-20(17)22(27)24-21(25-23)15(4)28-19(26)11-16-7-6-13(2)14(3)10-16/h6-7,10,12,15H,5,8-9,11H2,1-4H3,(H,24,25,27)/t12-,15+/m0/s1. The van der Waals surface area contributed by atoms with Crippen LogP contribution in [0.3, 0.4) is 0 Å². The number of H-pyrrole nitrogens is 1. The van der Waals surface area contributed by atoms with Crippen LogP contribution in [0.2, 0.25) is 0 Å². The number of nitrogens with one attached hydrogen (secondary N) is 1. The molecule has 0 bridgehead atoms. The van der Waals surface area contributed by atoms with Crippen molar-refractivity contribution >= 4 is 27.5 Å². The molecule has 0 spiro atoms.